The van der Waals surface area contributed by atoms with E-state index in [0.29, 0.717) is 6.42 Å². The summed E-state index contributed by atoms with van der Waals surface area (Å²) in [5.74, 6) is -2.00. The van der Waals surface area contributed by atoms with Crippen molar-refractivity contribution in [1.82, 2.24) is 0 Å². The first-order valence-corrected chi connectivity index (χ1v) is 7.27. The second-order valence-corrected chi connectivity index (χ2v) is 5.27. The standard InChI is InChI=1S/C17H16ClNO3/c1-2-13(11-6-4-3-5-7-11)16(20)19-15-9-8-12(18)10-14(15)17(21)22/h3-10,13H,2H2,1H3,(H,19,20)(H,21,22)/p-1/t13-/m1/s1. The molecular weight excluding hydrogens is 302 g/mol. The molecule has 0 spiro atoms. The average molecular weight is 317 g/mol. The Morgan fingerprint density at radius 1 is 1.18 bits per heavy atom. The molecule has 2 aromatic carbocycles. The highest BCUT2D eigenvalue weighted by atomic mass is 35.5. The Morgan fingerprint density at radius 2 is 1.86 bits per heavy atom. The van der Waals surface area contributed by atoms with Crippen LogP contribution in [-0.2, 0) is 4.79 Å². The van der Waals surface area contributed by atoms with Crippen molar-refractivity contribution in [2.24, 2.45) is 0 Å². The van der Waals surface area contributed by atoms with Gasteiger partial charge < -0.3 is 15.2 Å². The van der Waals surface area contributed by atoms with Gasteiger partial charge in [-0.1, -0.05) is 48.9 Å². The van der Waals surface area contributed by atoms with Crippen LogP contribution in [0.2, 0.25) is 5.02 Å². The van der Waals surface area contributed by atoms with Crippen molar-refractivity contribution in [2.45, 2.75) is 19.3 Å². The molecule has 0 heterocycles. The fourth-order valence-corrected chi connectivity index (χ4v) is 2.44. The van der Waals surface area contributed by atoms with Gasteiger partial charge in [-0.25, -0.2) is 0 Å². The van der Waals surface area contributed by atoms with Gasteiger partial charge in [0.15, 0.2) is 0 Å². The lowest BCUT2D eigenvalue weighted by molar-refractivity contribution is -0.254. The van der Waals surface area contributed by atoms with Gasteiger partial charge in [0.05, 0.1) is 11.9 Å². The number of benzene rings is 2. The highest BCUT2D eigenvalue weighted by Crippen LogP contribution is 2.24. The molecule has 0 fully saturated rings. The van der Waals surface area contributed by atoms with E-state index in [0.717, 1.165) is 5.56 Å². The van der Waals surface area contributed by atoms with Crippen LogP contribution in [0.1, 0.15) is 35.2 Å². The van der Waals surface area contributed by atoms with Gasteiger partial charge in [0.25, 0.3) is 0 Å². The normalized spacial score (nSPS) is 11.7. The number of carbonyl (C=O) groups excluding carboxylic acids is 2. The van der Waals surface area contributed by atoms with E-state index in [1.807, 2.05) is 37.3 Å². The quantitative estimate of drug-likeness (QED) is 0.922. The molecule has 4 nitrogen and oxygen atoms in total. The van der Waals surface area contributed by atoms with Gasteiger partial charge in [0.1, 0.15) is 0 Å². The number of hydrogen-bond acceptors (Lipinski definition) is 3. The zero-order valence-corrected chi connectivity index (χ0v) is 12.8. The summed E-state index contributed by atoms with van der Waals surface area (Å²) in [5.41, 5.74) is 0.930. The average Bonchev–Trinajstić information content (AvgIpc) is 2.50. The fraction of sp³-hybridized carbons (Fsp3) is 0.176. The maximum absolute atomic E-state index is 12.4. The molecule has 0 aliphatic carbocycles. The Hall–Kier alpha value is -2.33. The number of carboxylic acids is 1. The van der Waals surface area contributed by atoms with Crippen LogP contribution in [0.15, 0.2) is 48.5 Å². The van der Waals surface area contributed by atoms with Crippen molar-refractivity contribution in [3.05, 3.63) is 64.7 Å². The first-order valence-electron chi connectivity index (χ1n) is 6.89. The van der Waals surface area contributed by atoms with E-state index in [2.05, 4.69) is 5.32 Å². The second kappa shape index (κ2) is 7.09. The van der Waals surface area contributed by atoms with Gasteiger partial charge in [-0.3, -0.25) is 4.79 Å². The molecule has 2 aromatic rings. The Balaban J connectivity index is 2.26. The maximum atomic E-state index is 12.4. The van der Waals surface area contributed by atoms with Gasteiger partial charge in [-0.15, -0.1) is 0 Å². The number of nitrogens with one attached hydrogen (secondary N) is 1. The van der Waals surface area contributed by atoms with Gasteiger partial charge in [0, 0.05) is 16.3 Å². The van der Waals surface area contributed by atoms with Gasteiger partial charge in [0.2, 0.25) is 5.91 Å². The molecule has 0 aliphatic heterocycles. The van der Waals surface area contributed by atoms with Crippen molar-refractivity contribution in [1.29, 1.82) is 0 Å². The predicted octanol–water partition coefficient (Wildman–Crippen LogP) is 2.84. The zero-order chi connectivity index (χ0) is 16.1. The van der Waals surface area contributed by atoms with Crippen LogP contribution in [-0.4, -0.2) is 11.9 Å². The molecule has 0 unspecified atom stereocenters. The molecule has 0 aliphatic rings. The predicted molar refractivity (Wildman–Crippen MR) is 83.9 cm³/mol. The Labute approximate surface area is 133 Å². The van der Waals surface area contributed by atoms with E-state index >= 15 is 0 Å². The molecule has 0 aromatic heterocycles. The molecule has 5 heteroatoms. The minimum atomic E-state index is -1.38. The molecule has 0 bridgehead atoms. The SMILES string of the molecule is CC[C@@H](C(=O)Nc1ccc(Cl)cc1C(=O)[O-])c1ccccc1. The third kappa shape index (κ3) is 3.65. The highest BCUT2D eigenvalue weighted by molar-refractivity contribution is 6.31. The largest absolute Gasteiger partial charge is 0.545 e. The van der Waals surface area contributed by atoms with E-state index in [1.165, 1.54) is 18.2 Å². The van der Waals surface area contributed by atoms with Crippen LogP contribution in [0.4, 0.5) is 5.69 Å². The summed E-state index contributed by atoms with van der Waals surface area (Å²) in [5, 5.41) is 14.1. The minimum absolute atomic E-state index is 0.135. The fourth-order valence-electron chi connectivity index (χ4n) is 2.27. The van der Waals surface area contributed by atoms with Gasteiger partial charge in [-0.05, 0) is 30.2 Å². The molecule has 22 heavy (non-hydrogen) atoms. The molecule has 0 saturated carbocycles. The molecule has 1 atom stereocenters. The molecule has 114 valence electrons. The maximum Gasteiger partial charge on any atom is 0.231 e. The molecule has 0 radical (unpaired) electrons. The number of halogens is 1. The van der Waals surface area contributed by atoms with E-state index < -0.39 is 5.97 Å². The molecule has 2 rings (SSSR count). The first kappa shape index (κ1) is 16.0. The van der Waals surface area contributed by atoms with Crippen molar-refractivity contribution in [2.75, 3.05) is 5.32 Å². The summed E-state index contributed by atoms with van der Waals surface area (Å²) in [6.45, 7) is 1.90. The van der Waals surface area contributed by atoms with Crippen LogP contribution in [0.5, 0.6) is 0 Å². The Kier molecular flexibility index (Phi) is 5.17. The summed E-state index contributed by atoms with van der Waals surface area (Å²) in [7, 11) is 0. The lowest BCUT2D eigenvalue weighted by Gasteiger charge is -2.18. The van der Waals surface area contributed by atoms with Crippen molar-refractivity contribution in [3.63, 3.8) is 0 Å². The summed E-state index contributed by atoms with van der Waals surface area (Å²) in [4.78, 5) is 23.6. The second-order valence-electron chi connectivity index (χ2n) is 4.84. The van der Waals surface area contributed by atoms with E-state index in [1.54, 1.807) is 0 Å². The number of amides is 1. The third-order valence-electron chi connectivity index (χ3n) is 3.39. The Morgan fingerprint density at radius 3 is 2.45 bits per heavy atom. The highest BCUT2D eigenvalue weighted by Gasteiger charge is 2.19. The molecule has 1 N–H and O–H groups in total. The van der Waals surface area contributed by atoms with Gasteiger partial charge >= 0.3 is 0 Å². The van der Waals surface area contributed by atoms with Crippen LogP contribution < -0.4 is 10.4 Å². The van der Waals surface area contributed by atoms with Gasteiger partial charge in [-0.2, -0.15) is 0 Å². The summed E-state index contributed by atoms with van der Waals surface area (Å²) < 4.78 is 0. The lowest BCUT2D eigenvalue weighted by Crippen LogP contribution is -2.26. The van der Waals surface area contributed by atoms with Crippen molar-refractivity contribution in [3.8, 4) is 0 Å². The Bertz CT molecular complexity index is 686. The van der Waals surface area contributed by atoms with E-state index in [9.17, 15) is 14.7 Å². The monoisotopic (exact) mass is 316 g/mol. The number of hydrogen-bond donors (Lipinski definition) is 1. The van der Waals surface area contributed by atoms with Crippen molar-refractivity contribution >= 4 is 29.2 Å². The molecular formula is C17H15ClNO3-. The number of anilines is 1. The summed E-state index contributed by atoms with van der Waals surface area (Å²) in [6.07, 6.45) is 0.601. The number of carbonyl (C=O) groups is 2. The summed E-state index contributed by atoms with van der Waals surface area (Å²) in [6, 6.07) is 13.6. The number of rotatable bonds is 5. The van der Waals surface area contributed by atoms with Crippen LogP contribution >= 0.6 is 11.6 Å². The molecule has 1 amide bonds. The number of aromatic carboxylic acids is 1. The topological polar surface area (TPSA) is 69.2 Å². The van der Waals surface area contributed by atoms with E-state index in [-0.39, 0.29) is 28.1 Å². The lowest BCUT2D eigenvalue weighted by atomic mass is 9.95. The minimum Gasteiger partial charge on any atom is -0.545 e. The van der Waals surface area contributed by atoms with Crippen LogP contribution in [0.25, 0.3) is 0 Å². The smallest absolute Gasteiger partial charge is 0.231 e. The first-order chi connectivity index (χ1) is 10.5. The number of carboxylic acid groups (broad SMARTS) is 1. The molecule has 0 saturated heterocycles. The summed E-state index contributed by atoms with van der Waals surface area (Å²) >= 11 is 5.78. The zero-order valence-electron chi connectivity index (χ0n) is 12.0. The van der Waals surface area contributed by atoms with E-state index in [4.69, 9.17) is 11.6 Å². The van der Waals surface area contributed by atoms with Crippen molar-refractivity contribution < 1.29 is 14.7 Å². The van der Waals surface area contributed by atoms with Crippen LogP contribution in [0, 0.1) is 0 Å². The third-order valence-corrected chi connectivity index (χ3v) is 3.62. The van der Waals surface area contributed by atoms with Crippen LogP contribution in [0.3, 0.4) is 0 Å².